The Kier molecular flexibility index (Phi) is 3.82. The molecule has 0 aromatic heterocycles. The standard InChI is InChI=1S/C12H23NO/c1-13-10-8-12(9-10)14-11-6-4-2-3-5-7-11/h10-13H,2-9H2,1H3. The van der Waals surface area contributed by atoms with Crippen molar-refractivity contribution in [3.8, 4) is 0 Å². The highest BCUT2D eigenvalue weighted by atomic mass is 16.5. The molecule has 2 nitrogen and oxygen atoms in total. The van der Waals surface area contributed by atoms with Crippen LogP contribution in [0.2, 0.25) is 0 Å². The molecule has 0 spiro atoms. The third-order valence-electron chi connectivity index (χ3n) is 3.69. The minimum atomic E-state index is 0.565. The summed E-state index contributed by atoms with van der Waals surface area (Å²) < 4.78 is 6.10. The molecule has 2 fully saturated rings. The summed E-state index contributed by atoms with van der Waals surface area (Å²) in [5.74, 6) is 0. The zero-order valence-electron chi connectivity index (χ0n) is 9.30. The Hall–Kier alpha value is -0.0800. The molecule has 2 aliphatic rings. The van der Waals surface area contributed by atoms with E-state index in [-0.39, 0.29) is 0 Å². The summed E-state index contributed by atoms with van der Waals surface area (Å²) >= 11 is 0. The summed E-state index contributed by atoms with van der Waals surface area (Å²) in [5, 5.41) is 3.30. The smallest absolute Gasteiger partial charge is 0.0608 e. The Morgan fingerprint density at radius 1 is 0.929 bits per heavy atom. The summed E-state index contributed by atoms with van der Waals surface area (Å²) in [4.78, 5) is 0. The quantitative estimate of drug-likeness (QED) is 0.702. The largest absolute Gasteiger partial charge is 0.375 e. The number of ether oxygens (including phenoxy) is 1. The second kappa shape index (κ2) is 5.13. The average molecular weight is 197 g/mol. The summed E-state index contributed by atoms with van der Waals surface area (Å²) in [7, 11) is 2.05. The normalized spacial score (nSPS) is 34.9. The molecule has 1 N–H and O–H groups in total. The summed E-state index contributed by atoms with van der Waals surface area (Å²) in [6, 6.07) is 0.728. The highest BCUT2D eigenvalue weighted by molar-refractivity contribution is 4.85. The van der Waals surface area contributed by atoms with Gasteiger partial charge < -0.3 is 10.1 Å². The molecule has 0 saturated heterocycles. The third-order valence-corrected chi connectivity index (χ3v) is 3.69. The molecule has 2 heteroatoms. The predicted molar refractivity (Wildman–Crippen MR) is 58.4 cm³/mol. The van der Waals surface area contributed by atoms with Crippen molar-refractivity contribution >= 4 is 0 Å². The van der Waals surface area contributed by atoms with Crippen LogP contribution in [0.4, 0.5) is 0 Å². The van der Waals surface area contributed by atoms with Crippen molar-refractivity contribution < 1.29 is 4.74 Å². The van der Waals surface area contributed by atoms with Crippen molar-refractivity contribution in [3.63, 3.8) is 0 Å². The molecule has 14 heavy (non-hydrogen) atoms. The highest BCUT2D eigenvalue weighted by Gasteiger charge is 2.30. The summed E-state index contributed by atoms with van der Waals surface area (Å²) in [6.07, 6.45) is 11.8. The fourth-order valence-corrected chi connectivity index (χ4v) is 2.56. The van der Waals surface area contributed by atoms with Crippen LogP contribution >= 0.6 is 0 Å². The number of hydrogen-bond donors (Lipinski definition) is 1. The van der Waals surface area contributed by atoms with Crippen molar-refractivity contribution in [2.75, 3.05) is 7.05 Å². The van der Waals surface area contributed by atoms with Gasteiger partial charge in [-0.25, -0.2) is 0 Å². The molecule has 2 saturated carbocycles. The lowest BCUT2D eigenvalue weighted by atomic mass is 9.89. The van der Waals surface area contributed by atoms with Crippen LogP contribution in [0.1, 0.15) is 51.4 Å². The molecule has 2 rings (SSSR count). The molecule has 82 valence electrons. The van der Waals surface area contributed by atoms with Gasteiger partial charge in [0.15, 0.2) is 0 Å². The van der Waals surface area contributed by atoms with Gasteiger partial charge in [0.05, 0.1) is 12.2 Å². The topological polar surface area (TPSA) is 21.3 Å². The molecule has 0 atom stereocenters. The van der Waals surface area contributed by atoms with E-state index in [2.05, 4.69) is 5.32 Å². The van der Waals surface area contributed by atoms with Gasteiger partial charge in [0.1, 0.15) is 0 Å². The van der Waals surface area contributed by atoms with Crippen LogP contribution in [0.5, 0.6) is 0 Å². The van der Waals surface area contributed by atoms with Gasteiger partial charge in [0.25, 0.3) is 0 Å². The summed E-state index contributed by atoms with van der Waals surface area (Å²) in [6.45, 7) is 0. The zero-order valence-corrected chi connectivity index (χ0v) is 9.30. The lowest BCUT2D eigenvalue weighted by Gasteiger charge is -2.37. The monoisotopic (exact) mass is 197 g/mol. The van der Waals surface area contributed by atoms with Crippen LogP contribution in [-0.4, -0.2) is 25.3 Å². The third kappa shape index (κ3) is 2.71. The van der Waals surface area contributed by atoms with Crippen LogP contribution in [-0.2, 0) is 4.74 Å². The first kappa shape index (κ1) is 10.4. The Morgan fingerprint density at radius 2 is 1.57 bits per heavy atom. The van der Waals surface area contributed by atoms with Crippen LogP contribution in [0, 0.1) is 0 Å². The van der Waals surface area contributed by atoms with Gasteiger partial charge in [0, 0.05) is 6.04 Å². The van der Waals surface area contributed by atoms with E-state index in [0.29, 0.717) is 12.2 Å². The molecule has 0 aromatic carbocycles. The molecule has 2 aliphatic carbocycles. The second-order valence-electron chi connectivity index (χ2n) is 4.83. The van der Waals surface area contributed by atoms with Crippen molar-refractivity contribution in [2.45, 2.75) is 69.6 Å². The Bertz CT molecular complexity index is 158. The van der Waals surface area contributed by atoms with E-state index in [4.69, 9.17) is 4.74 Å². The van der Waals surface area contributed by atoms with Crippen molar-refractivity contribution in [3.05, 3.63) is 0 Å². The van der Waals surface area contributed by atoms with E-state index < -0.39 is 0 Å². The maximum atomic E-state index is 6.10. The van der Waals surface area contributed by atoms with E-state index in [1.807, 2.05) is 7.05 Å². The van der Waals surface area contributed by atoms with E-state index in [0.717, 1.165) is 6.04 Å². The molecule has 0 heterocycles. The average Bonchev–Trinajstić information content (AvgIpc) is 2.38. The second-order valence-corrected chi connectivity index (χ2v) is 4.83. The van der Waals surface area contributed by atoms with E-state index >= 15 is 0 Å². The lowest BCUT2D eigenvalue weighted by molar-refractivity contribution is -0.0682. The van der Waals surface area contributed by atoms with E-state index in [1.54, 1.807) is 0 Å². The molecule has 0 aromatic rings. The van der Waals surface area contributed by atoms with Crippen LogP contribution < -0.4 is 5.32 Å². The van der Waals surface area contributed by atoms with Gasteiger partial charge in [-0.1, -0.05) is 25.7 Å². The lowest BCUT2D eigenvalue weighted by Crippen LogP contribution is -2.45. The Morgan fingerprint density at radius 3 is 2.14 bits per heavy atom. The Labute approximate surface area is 87.4 Å². The summed E-state index contributed by atoms with van der Waals surface area (Å²) in [5.41, 5.74) is 0. The molecule has 0 amide bonds. The van der Waals surface area contributed by atoms with Crippen LogP contribution in [0.3, 0.4) is 0 Å². The highest BCUT2D eigenvalue weighted by Crippen LogP contribution is 2.28. The van der Waals surface area contributed by atoms with E-state index in [1.165, 1.54) is 51.4 Å². The molecule has 0 unspecified atom stereocenters. The van der Waals surface area contributed by atoms with Gasteiger partial charge in [-0.3, -0.25) is 0 Å². The van der Waals surface area contributed by atoms with Crippen molar-refractivity contribution in [2.24, 2.45) is 0 Å². The SMILES string of the molecule is CNC1CC(OC2CCCCCC2)C1. The van der Waals surface area contributed by atoms with Crippen LogP contribution in [0.15, 0.2) is 0 Å². The number of hydrogen-bond acceptors (Lipinski definition) is 2. The minimum absolute atomic E-state index is 0.565. The maximum absolute atomic E-state index is 6.10. The van der Waals surface area contributed by atoms with Crippen molar-refractivity contribution in [1.29, 1.82) is 0 Å². The molecular weight excluding hydrogens is 174 g/mol. The Balaban J connectivity index is 1.64. The van der Waals surface area contributed by atoms with Gasteiger partial charge in [-0.2, -0.15) is 0 Å². The first-order chi connectivity index (χ1) is 6.88. The van der Waals surface area contributed by atoms with Gasteiger partial charge >= 0.3 is 0 Å². The van der Waals surface area contributed by atoms with Crippen LogP contribution in [0.25, 0.3) is 0 Å². The van der Waals surface area contributed by atoms with E-state index in [9.17, 15) is 0 Å². The molecule has 0 bridgehead atoms. The molecule has 0 radical (unpaired) electrons. The predicted octanol–water partition coefficient (Wildman–Crippen LogP) is 2.48. The number of nitrogens with one attached hydrogen (secondary N) is 1. The fourth-order valence-electron chi connectivity index (χ4n) is 2.56. The van der Waals surface area contributed by atoms with Gasteiger partial charge in [-0.05, 0) is 32.7 Å². The van der Waals surface area contributed by atoms with Gasteiger partial charge in [0.2, 0.25) is 0 Å². The molecular formula is C12H23NO. The van der Waals surface area contributed by atoms with Gasteiger partial charge in [-0.15, -0.1) is 0 Å². The van der Waals surface area contributed by atoms with Crippen molar-refractivity contribution in [1.82, 2.24) is 5.32 Å². The minimum Gasteiger partial charge on any atom is -0.375 e. The first-order valence-corrected chi connectivity index (χ1v) is 6.21. The maximum Gasteiger partial charge on any atom is 0.0608 e. The molecule has 0 aliphatic heterocycles. The fraction of sp³-hybridized carbons (Fsp3) is 1.00. The first-order valence-electron chi connectivity index (χ1n) is 6.21. The zero-order chi connectivity index (χ0) is 9.80. The number of rotatable bonds is 3.